The lowest BCUT2D eigenvalue weighted by atomic mass is 10.2. The van der Waals surface area contributed by atoms with Gasteiger partial charge in [-0.25, -0.2) is 18.2 Å². The first-order chi connectivity index (χ1) is 11.8. The second-order valence-electron chi connectivity index (χ2n) is 6.26. The van der Waals surface area contributed by atoms with Crippen LogP contribution in [-0.4, -0.2) is 58.7 Å². The van der Waals surface area contributed by atoms with Crippen LogP contribution in [0.5, 0.6) is 0 Å². The number of imidazole rings is 1. The fourth-order valence-corrected chi connectivity index (χ4v) is 3.88. The molecule has 0 saturated carbocycles. The van der Waals surface area contributed by atoms with Crippen molar-refractivity contribution in [2.45, 2.75) is 31.2 Å². The molecule has 1 amide bonds. The van der Waals surface area contributed by atoms with E-state index in [-0.39, 0.29) is 24.0 Å². The second-order valence-corrected chi connectivity index (χ2v) is 8.40. The van der Waals surface area contributed by atoms with Crippen LogP contribution in [0.1, 0.15) is 18.7 Å². The van der Waals surface area contributed by atoms with Crippen LogP contribution in [0, 0.1) is 0 Å². The topological polar surface area (TPSA) is 110 Å². The first-order valence-electron chi connectivity index (χ1n) is 7.90. The van der Waals surface area contributed by atoms with Gasteiger partial charge in [-0.15, -0.1) is 0 Å². The molecular weight excluding hydrogens is 346 g/mol. The summed E-state index contributed by atoms with van der Waals surface area (Å²) in [5.74, 6) is -1.36. The molecule has 0 radical (unpaired) electrons. The quantitative estimate of drug-likeness (QED) is 0.833. The number of carbonyl (C=O) groups excluding carboxylic acids is 1. The highest BCUT2D eigenvalue weighted by molar-refractivity contribution is 7.89. The van der Waals surface area contributed by atoms with Crippen LogP contribution in [0.25, 0.3) is 11.0 Å². The highest BCUT2D eigenvalue weighted by Crippen LogP contribution is 2.21. The monoisotopic (exact) mass is 365 g/mol. The number of hydrogen-bond acceptors (Lipinski definition) is 5. The smallest absolute Gasteiger partial charge is 0.326 e. The number of nitrogens with zero attached hydrogens (tertiary/aromatic N) is 3. The Morgan fingerprint density at radius 1 is 1.32 bits per heavy atom. The Hall–Kier alpha value is -2.42. The van der Waals surface area contributed by atoms with Gasteiger partial charge in [0.25, 0.3) is 0 Å². The maximum absolute atomic E-state index is 12.7. The molecule has 0 spiro atoms. The maximum Gasteiger partial charge on any atom is 0.326 e. The molecule has 0 aliphatic carbocycles. The highest BCUT2D eigenvalue weighted by atomic mass is 32.2. The van der Waals surface area contributed by atoms with Crippen LogP contribution >= 0.6 is 0 Å². The number of aromatic nitrogens is 2. The third-order valence-electron chi connectivity index (χ3n) is 4.28. The van der Waals surface area contributed by atoms with E-state index < -0.39 is 21.8 Å². The molecule has 1 aliphatic rings. The van der Waals surface area contributed by atoms with Gasteiger partial charge in [-0.2, -0.15) is 0 Å². The molecule has 9 heteroatoms. The van der Waals surface area contributed by atoms with Gasteiger partial charge in [0.2, 0.25) is 5.91 Å². The van der Waals surface area contributed by atoms with Gasteiger partial charge in [-0.05, 0) is 25.0 Å². The Labute approximate surface area is 145 Å². The number of aliphatic carboxylic acids is 1. The number of amides is 1. The lowest BCUT2D eigenvalue weighted by Gasteiger charge is -2.22. The number of rotatable bonds is 5. The molecule has 1 aromatic carbocycles. The fourth-order valence-electron chi connectivity index (χ4n) is 3.19. The summed E-state index contributed by atoms with van der Waals surface area (Å²) in [5, 5.41) is 9.25. The van der Waals surface area contributed by atoms with E-state index in [4.69, 9.17) is 0 Å². The molecule has 25 heavy (non-hydrogen) atoms. The van der Waals surface area contributed by atoms with E-state index in [1.54, 1.807) is 28.8 Å². The number of para-hydroxylation sites is 2. The van der Waals surface area contributed by atoms with Gasteiger partial charge in [0.05, 0.1) is 11.0 Å². The zero-order chi connectivity index (χ0) is 18.2. The van der Waals surface area contributed by atoms with E-state index >= 15 is 0 Å². The van der Waals surface area contributed by atoms with E-state index in [1.807, 2.05) is 0 Å². The molecule has 1 unspecified atom stereocenters. The summed E-state index contributed by atoms with van der Waals surface area (Å²) in [6, 6.07) is 6.26. The Morgan fingerprint density at radius 2 is 2.04 bits per heavy atom. The summed E-state index contributed by atoms with van der Waals surface area (Å²) in [6.45, 7) is 0.263. The molecule has 134 valence electrons. The van der Waals surface area contributed by atoms with E-state index in [2.05, 4.69) is 4.98 Å². The molecule has 1 fully saturated rings. The van der Waals surface area contributed by atoms with Crippen molar-refractivity contribution in [2.75, 3.05) is 12.8 Å². The highest BCUT2D eigenvalue weighted by Gasteiger charge is 2.34. The van der Waals surface area contributed by atoms with Crippen molar-refractivity contribution in [3.63, 3.8) is 0 Å². The average molecular weight is 365 g/mol. The summed E-state index contributed by atoms with van der Waals surface area (Å²) in [4.78, 5) is 29.6. The zero-order valence-electron chi connectivity index (χ0n) is 13.8. The summed E-state index contributed by atoms with van der Waals surface area (Å²) in [7, 11) is -3.33. The number of fused-ring (bicyclic) bond motifs is 1. The third kappa shape index (κ3) is 3.65. The van der Waals surface area contributed by atoms with Crippen molar-refractivity contribution in [3.05, 3.63) is 30.1 Å². The Kier molecular flexibility index (Phi) is 4.51. The molecule has 2 aromatic rings. The number of carbonyl (C=O) groups is 2. The first-order valence-corrected chi connectivity index (χ1v) is 9.96. The van der Waals surface area contributed by atoms with Crippen LogP contribution in [-0.2, 0) is 31.7 Å². The number of carboxylic acids is 1. The molecular formula is C16H19N3O5S. The summed E-state index contributed by atoms with van der Waals surface area (Å²) >= 11 is 0. The zero-order valence-corrected chi connectivity index (χ0v) is 14.6. The van der Waals surface area contributed by atoms with Crippen molar-refractivity contribution in [1.29, 1.82) is 0 Å². The fraction of sp³-hybridized carbons (Fsp3) is 0.438. The molecule has 1 saturated heterocycles. The van der Waals surface area contributed by atoms with E-state index in [1.165, 1.54) is 4.90 Å². The Bertz CT molecular complexity index is 934. The van der Waals surface area contributed by atoms with Crippen molar-refractivity contribution >= 4 is 32.7 Å². The second kappa shape index (κ2) is 6.47. The van der Waals surface area contributed by atoms with Crippen LogP contribution < -0.4 is 0 Å². The molecule has 3 rings (SSSR count). The van der Waals surface area contributed by atoms with Crippen LogP contribution in [0.3, 0.4) is 0 Å². The van der Waals surface area contributed by atoms with Crippen molar-refractivity contribution in [3.8, 4) is 0 Å². The average Bonchev–Trinajstić information content (AvgIpc) is 3.11. The minimum atomic E-state index is -3.33. The van der Waals surface area contributed by atoms with Gasteiger partial charge in [-0.3, -0.25) is 4.79 Å². The summed E-state index contributed by atoms with van der Waals surface area (Å²) < 4.78 is 24.9. The van der Waals surface area contributed by atoms with Gasteiger partial charge < -0.3 is 14.6 Å². The SMILES string of the molecule is CS(=O)(=O)Cc1nc2ccccc2n1CC(=O)N1CCCC1C(=O)O. The van der Waals surface area contributed by atoms with Gasteiger partial charge in [0.1, 0.15) is 24.2 Å². The molecule has 0 bridgehead atoms. The number of sulfone groups is 1. The Balaban J connectivity index is 1.95. The molecule has 1 N–H and O–H groups in total. The molecule has 1 aromatic heterocycles. The third-order valence-corrected chi connectivity index (χ3v) is 5.06. The minimum Gasteiger partial charge on any atom is -0.480 e. The van der Waals surface area contributed by atoms with Crippen molar-refractivity contribution < 1.29 is 23.1 Å². The summed E-state index contributed by atoms with van der Waals surface area (Å²) in [6.07, 6.45) is 2.19. The molecule has 1 aliphatic heterocycles. The van der Waals surface area contributed by atoms with Crippen LogP contribution in [0.2, 0.25) is 0 Å². The van der Waals surface area contributed by atoms with Gasteiger partial charge in [-0.1, -0.05) is 12.1 Å². The van der Waals surface area contributed by atoms with Crippen LogP contribution in [0.4, 0.5) is 0 Å². The summed E-state index contributed by atoms with van der Waals surface area (Å²) in [5.41, 5.74) is 1.26. The molecule has 8 nitrogen and oxygen atoms in total. The normalized spacial score (nSPS) is 18.0. The number of carboxylic acid groups (broad SMARTS) is 1. The number of hydrogen-bond donors (Lipinski definition) is 1. The molecule has 2 heterocycles. The molecule has 1 atom stereocenters. The number of likely N-dealkylation sites (tertiary alicyclic amines) is 1. The van der Waals surface area contributed by atoms with E-state index in [0.29, 0.717) is 30.4 Å². The van der Waals surface area contributed by atoms with E-state index in [0.717, 1.165) is 6.26 Å². The minimum absolute atomic E-state index is 0.130. The standard InChI is InChI=1S/C16H19N3O5S/c1-25(23,24)10-14-17-11-5-2-3-6-12(11)19(14)9-15(20)18-8-4-7-13(18)16(21)22/h2-3,5-6,13H,4,7-10H2,1H3,(H,21,22). The van der Waals surface area contributed by atoms with Gasteiger partial charge >= 0.3 is 5.97 Å². The van der Waals surface area contributed by atoms with Crippen molar-refractivity contribution in [1.82, 2.24) is 14.5 Å². The van der Waals surface area contributed by atoms with Gasteiger partial charge in [0, 0.05) is 12.8 Å². The van der Waals surface area contributed by atoms with Crippen molar-refractivity contribution in [2.24, 2.45) is 0 Å². The van der Waals surface area contributed by atoms with E-state index in [9.17, 15) is 23.1 Å². The first kappa shape index (κ1) is 17.4. The predicted octanol–water partition coefficient (Wildman–Crippen LogP) is 0.656. The lowest BCUT2D eigenvalue weighted by molar-refractivity contribution is -0.148. The Morgan fingerprint density at radius 3 is 2.72 bits per heavy atom. The predicted molar refractivity (Wildman–Crippen MR) is 90.7 cm³/mol. The number of benzene rings is 1. The largest absolute Gasteiger partial charge is 0.480 e. The van der Waals surface area contributed by atoms with Crippen LogP contribution in [0.15, 0.2) is 24.3 Å². The lowest BCUT2D eigenvalue weighted by Crippen LogP contribution is -2.42. The van der Waals surface area contributed by atoms with Gasteiger partial charge in [0.15, 0.2) is 9.84 Å². The maximum atomic E-state index is 12.7.